The number of halogens is 2. The average Bonchev–Trinajstić information content (AvgIpc) is 2.17. The van der Waals surface area contributed by atoms with Crippen LogP contribution in [0.15, 0.2) is 6.20 Å². The molecule has 0 aliphatic carbocycles. The molecule has 1 rings (SSSR count). The number of carbonyl (C=O) groups excluding carboxylic acids is 1. The predicted molar refractivity (Wildman–Crippen MR) is 47.7 cm³/mol. The molecule has 1 aromatic heterocycles. The second-order valence-electron chi connectivity index (χ2n) is 2.74. The summed E-state index contributed by atoms with van der Waals surface area (Å²) in [5.41, 5.74) is -0.863. The summed E-state index contributed by atoms with van der Waals surface area (Å²) < 4.78 is 29.6. The summed E-state index contributed by atoms with van der Waals surface area (Å²) in [6.07, 6.45) is -1.76. The minimum Gasteiger partial charge on any atom is -0.462 e. The fraction of sp³-hybridized carbons (Fsp3) is 0.444. The van der Waals surface area contributed by atoms with Gasteiger partial charge in [-0.3, -0.25) is 0 Å². The van der Waals surface area contributed by atoms with Crippen molar-refractivity contribution in [2.45, 2.75) is 20.3 Å². The van der Waals surface area contributed by atoms with Gasteiger partial charge < -0.3 is 4.74 Å². The maximum atomic E-state index is 12.5. The van der Waals surface area contributed by atoms with Crippen LogP contribution in [0.4, 0.5) is 8.78 Å². The Bertz CT molecular complexity index is 369. The Morgan fingerprint density at radius 2 is 2.27 bits per heavy atom. The van der Waals surface area contributed by atoms with E-state index in [2.05, 4.69) is 14.7 Å². The van der Waals surface area contributed by atoms with Crippen LogP contribution in [0.1, 0.15) is 35.2 Å². The summed E-state index contributed by atoms with van der Waals surface area (Å²) in [6, 6.07) is 0. The molecule has 0 aliphatic heterocycles. The third-order valence-corrected chi connectivity index (χ3v) is 1.64. The summed E-state index contributed by atoms with van der Waals surface area (Å²) in [6.45, 7) is 3.19. The molecular weight excluding hydrogens is 206 g/mol. The van der Waals surface area contributed by atoms with Crippen molar-refractivity contribution >= 4 is 5.97 Å². The monoisotopic (exact) mass is 216 g/mol. The summed E-state index contributed by atoms with van der Waals surface area (Å²) >= 11 is 0. The topological polar surface area (TPSA) is 52.1 Å². The van der Waals surface area contributed by atoms with Crippen LogP contribution in [0.25, 0.3) is 0 Å². The van der Waals surface area contributed by atoms with Crippen molar-refractivity contribution in [2.75, 3.05) is 6.61 Å². The number of hydrogen-bond donors (Lipinski definition) is 0. The number of rotatable bonds is 3. The highest BCUT2D eigenvalue weighted by molar-refractivity contribution is 5.90. The molecule has 0 spiro atoms. The van der Waals surface area contributed by atoms with E-state index in [1.165, 1.54) is 6.92 Å². The first-order valence-corrected chi connectivity index (χ1v) is 4.35. The lowest BCUT2D eigenvalue weighted by molar-refractivity contribution is 0.0512. The maximum absolute atomic E-state index is 12.5. The predicted octanol–water partition coefficient (Wildman–Crippen LogP) is 1.90. The van der Waals surface area contributed by atoms with Gasteiger partial charge in [0, 0.05) is 6.20 Å². The molecule has 0 saturated heterocycles. The van der Waals surface area contributed by atoms with Gasteiger partial charge in [-0.1, -0.05) is 0 Å². The fourth-order valence-corrected chi connectivity index (χ4v) is 1.02. The van der Waals surface area contributed by atoms with Gasteiger partial charge in [0.15, 0.2) is 0 Å². The van der Waals surface area contributed by atoms with Crippen LogP contribution in [0.2, 0.25) is 0 Å². The van der Waals surface area contributed by atoms with Gasteiger partial charge in [0.1, 0.15) is 17.1 Å². The van der Waals surface area contributed by atoms with Gasteiger partial charge in [-0.25, -0.2) is 23.5 Å². The van der Waals surface area contributed by atoms with E-state index in [4.69, 9.17) is 0 Å². The molecule has 1 aromatic rings. The lowest BCUT2D eigenvalue weighted by Gasteiger charge is -2.06. The highest BCUT2D eigenvalue weighted by atomic mass is 19.3. The smallest absolute Gasteiger partial charge is 0.341 e. The SMILES string of the molecule is CCOC(=O)c1cnc(C)nc1C(F)F. The van der Waals surface area contributed by atoms with Crippen LogP contribution >= 0.6 is 0 Å². The Morgan fingerprint density at radius 3 is 2.80 bits per heavy atom. The molecule has 0 atom stereocenters. The molecule has 4 nitrogen and oxygen atoms in total. The largest absolute Gasteiger partial charge is 0.462 e. The summed E-state index contributed by atoms with van der Waals surface area (Å²) in [7, 11) is 0. The van der Waals surface area contributed by atoms with E-state index in [1.54, 1.807) is 6.92 Å². The van der Waals surface area contributed by atoms with E-state index in [9.17, 15) is 13.6 Å². The first-order chi connectivity index (χ1) is 7.06. The first-order valence-electron chi connectivity index (χ1n) is 4.35. The molecule has 15 heavy (non-hydrogen) atoms. The highest BCUT2D eigenvalue weighted by Crippen LogP contribution is 2.20. The summed E-state index contributed by atoms with van der Waals surface area (Å²) in [4.78, 5) is 18.4. The molecule has 0 aliphatic rings. The molecule has 82 valence electrons. The number of ether oxygens (including phenoxy) is 1. The molecule has 0 aromatic carbocycles. The van der Waals surface area contributed by atoms with E-state index in [-0.39, 0.29) is 18.0 Å². The van der Waals surface area contributed by atoms with E-state index < -0.39 is 18.1 Å². The van der Waals surface area contributed by atoms with Crippen molar-refractivity contribution in [1.29, 1.82) is 0 Å². The molecule has 6 heteroatoms. The van der Waals surface area contributed by atoms with Gasteiger partial charge >= 0.3 is 5.97 Å². The normalized spacial score (nSPS) is 10.5. The molecule has 0 N–H and O–H groups in total. The van der Waals surface area contributed by atoms with E-state index in [0.29, 0.717) is 0 Å². The number of aryl methyl sites for hydroxylation is 1. The Balaban J connectivity index is 3.11. The second kappa shape index (κ2) is 4.77. The van der Waals surface area contributed by atoms with E-state index in [1.807, 2.05) is 0 Å². The minimum absolute atomic E-state index is 0.120. The second-order valence-corrected chi connectivity index (χ2v) is 2.74. The molecule has 0 amide bonds. The van der Waals surface area contributed by atoms with Crippen molar-refractivity contribution < 1.29 is 18.3 Å². The molecule has 0 unspecified atom stereocenters. The Kier molecular flexibility index (Phi) is 3.65. The third-order valence-electron chi connectivity index (χ3n) is 1.64. The molecular formula is C9H10F2N2O2. The maximum Gasteiger partial charge on any atom is 0.341 e. The minimum atomic E-state index is -2.81. The quantitative estimate of drug-likeness (QED) is 0.724. The number of nitrogens with zero attached hydrogens (tertiary/aromatic N) is 2. The van der Waals surface area contributed by atoms with Crippen molar-refractivity contribution in [1.82, 2.24) is 9.97 Å². The van der Waals surface area contributed by atoms with Gasteiger partial charge in [-0.05, 0) is 13.8 Å². The van der Waals surface area contributed by atoms with Crippen LogP contribution < -0.4 is 0 Å². The van der Waals surface area contributed by atoms with Gasteiger partial charge in [-0.15, -0.1) is 0 Å². The zero-order valence-corrected chi connectivity index (χ0v) is 8.33. The van der Waals surface area contributed by atoms with Gasteiger partial charge in [0.25, 0.3) is 6.43 Å². The number of aromatic nitrogens is 2. The van der Waals surface area contributed by atoms with Crippen LogP contribution in [-0.2, 0) is 4.74 Å². The lowest BCUT2D eigenvalue weighted by Crippen LogP contribution is -2.11. The molecule has 0 radical (unpaired) electrons. The van der Waals surface area contributed by atoms with Crippen molar-refractivity contribution in [2.24, 2.45) is 0 Å². The standard InChI is InChI=1S/C9H10F2N2O2/c1-3-15-9(14)6-4-12-5(2)13-7(6)8(10)11/h4,8H,3H2,1-2H3. The Hall–Kier alpha value is -1.59. The average molecular weight is 216 g/mol. The Labute approximate surface area is 85.3 Å². The molecule has 1 heterocycles. The summed E-state index contributed by atoms with van der Waals surface area (Å²) in [5.74, 6) is -0.633. The molecule has 0 bridgehead atoms. The fourth-order valence-electron chi connectivity index (χ4n) is 1.02. The van der Waals surface area contributed by atoms with Crippen LogP contribution in [0.3, 0.4) is 0 Å². The first kappa shape index (κ1) is 11.5. The number of carbonyl (C=O) groups is 1. The zero-order chi connectivity index (χ0) is 11.4. The molecule has 0 saturated carbocycles. The van der Waals surface area contributed by atoms with Gasteiger partial charge in [0.2, 0.25) is 0 Å². The number of esters is 1. The molecule has 0 fully saturated rings. The van der Waals surface area contributed by atoms with Gasteiger partial charge in [0.05, 0.1) is 6.61 Å². The van der Waals surface area contributed by atoms with Crippen molar-refractivity contribution in [3.63, 3.8) is 0 Å². The van der Waals surface area contributed by atoms with Crippen LogP contribution in [0.5, 0.6) is 0 Å². The highest BCUT2D eigenvalue weighted by Gasteiger charge is 2.21. The zero-order valence-electron chi connectivity index (χ0n) is 8.33. The van der Waals surface area contributed by atoms with Crippen LogP contribution in [-0.4, -0.2) is 22.5 Å². The van der Waals surface area contributed by atoms with Gasteiger partial charge in [-0.2, -0.15) is 0 Å². The lowest BCUT2D eigenvalue weighted by atomic mass is 10.2. The number of hydrogen-bond acceptors (Lipinski definition) is 4. The van der Waals surface area contributed by atoms with Crippen molar-refractivity contribution in [3.8, 4) is 0 Å². The Morgan fingerprint density at radius 1 is 1.60 bits per heavy atom. The number of alkyl halides is 2. The van der Waals surface area contributed by atoms with E-state index in [0.717, 1.165) is 6.20 Å². The van der Waals surface area contributed by atoms with Crippen LogP contribution in [0, 0.1) is 6.92 Å². The third kappa shape index (κ3) is 2.68. The summed E-state index contributed by atoms with van der Waals surface area (Å²) in [5, 5.41) is 0. The van der Waals surface area contributed by atoms with E-state index >= 15 is 0 Å². The van der Waals surface area contributed by atoms with Crippen molar-refractivity contribution in [3.05, 3.63) is 23.3 Å².